The van der Waals surface area contributed by atoms with Crippen LogP contribution in [0.3, 0.4) is 0 Å². The van der Waals surface area contributed by atoms with Gasteiger partial charge < -0.3 is 19.9 Å². The molecule has 6 heteroatoms. The third-order valence-electron chi connectivity index (χ3n) is 7.95. The average molecular weight is 506 g/mol. The summed E-state index contributed by atoms with van der Waals surface area (Å²) >= 11 is 0. The van der Waals surface area contributed by atoms with Gasteiger partial charge in [-0.15, -0.1) is 0 Å². The number of hydrogen-bond acceptors (Lipinski definition) is 3. The maximum atomic E-state index is 13.8. The number of likely N-dealkylation sites (tertiary alicyclic amines) is 1. The second-order valence-corrected chi connectivity index (χ2v) is 10.2. The molecule has 2 aliphatic rings. The van der Waals surface area contributed by atoms with Crippen molar-refractivity contribution in [2.24, 2.45) is 0 Å². The number of H-pyrrole nitrogens is 1. The second kappa shape index (κ2) is 10.2. The number of rotatable bonds is 6. The summed E-state index contributed by atoms with van der Waals surface area (Å²) in [7, 11) is 0. The molecule has 0 radical (unpaired) electrons. The van der Waals surface area contributed by atoms with Crippen molar-refractivity contribution >= 4 is 29.0 Å². The molecule has 1 saturated heterocycles. The van der Waals surface area contributed by atoms with Crippen LogP contribution in [0.15, 0.2) is 91.1 Å². The zero-order chi connectivity index (χ0) is 26.0. The normalized spacial score (nSPS) is 16.4. The van der Waals surface area contributed by atoms with Crippen LogP contribution < -0.4 is 5.32 Å². The molecule has 2 N–H and O–H groups in total. The van der Waals surface area contributed by atoms with Gasteiger partial charge in [0.05, 0.1) is 0 Å². The molecule has 0 saturated carbocycles. The molecule has 1 fully saturated rings. The first-order valence-corrected chi connectivity index (χ1v) is 13.2. The van der Waals surface area contributed by atoms with Gasteiger partial charge in [0.25, 0.3) is 0 Å². The van der Waals surface area contributed by atoms with Gasteiger partial charge in [-0.2, -0.15) is 0 Å². The topological polar surface area (TPSA) is 74.4 Å². The van der Waals surface area contributed by atoms with Gasteiger partial charge in [-0.1, -0.05) is 84.9 Å². The summed E-state index contributed by atoms with van der Waals surface area (Å²) in [6, 6.07) is 25.3. The molecule has 2 amide bonds. The Hall–Kier alpha value is -4.32. The molecule has 38 heavy (non-hydrogen) atoms. The predicted molar refractivity (Wildman–Crippen MR) is 149 cm³/mol. The number of amides is 2. The Labute approximate surface area is 222 Å². The summed E-state index contributed by atoms with van der Waals surface area (Å²) in [6.07, 6.45) is 7.96. The van der Waals surface area contributed by atoms with E-state index in [-0.39, 0.29) is 17.9 Å². The third-order valence-corrected chi connectivity index (χ3v) is 7.95. The van der Waals surface area contributed by atoms with Gasteiger partial charge in [-0.05, 0) is 41.2 Å². The molecular weight excluding hydrogens is 474 g/mol. The van der Waals surface area contributed by atoms with E-state index in [9.17, 15) is 9.59 Å². The summed E-state index contributed by atoms with van der Waals surface area (Å²) in [5.74, 6) is -0.0722. The fraction of sp³-hybridized carbons (Fsp3) is 0.250. The van der Waals surface area contributed by atoms with E-state index in [1.165, 1.54) is 11.1 Å². The molecule has 3 aromatic carbocycles. The van der Waals surface area contributed by atoms with Crippen LogP contribution in [0.2, 0.25) is 0 Å². The van der Waals surface area contributed by atoms with E-state index in [1.807, 2.05) is 65.7 Å². The highest BCUT2D eigenvalue weighted by atomic mass is 16.5. The minimum absolute atomic E-state index is 0.0121. The van der Waals surface area contributed by atoms with Crippen LogP contribution >= 0.6 is 0 Å². The number of carbonyl (C=O) groups is 2. The summed E-state index contributed by atoms with van der Waals surface area (Å²) in [4.78, 5) is 31.9. The Balaban J connectivity index is 1.18. The Kier molecular flexibility index (Phi) is 6.46. The Morgan fingerprint density at radius 1 is 0.947 bits per heavy atom. The van der Waals surface area contributed by atoms with Gasteiger partial charge in [0.15, 0.2) is 0 Å². The van der Waals surface area contributed by atoms with E-state index < -0.39 is 12.1 Å². The minimum atomic E-state index is -0.724. The Morgan fingerprint density at radius 3 is 2.53 bits per heavy atom. The Morgan fingerprint density at radius 2 is 1.68 bits per heavy atom. The lowest BCUT2D eigenvalue weighted by molar-refractivity contribution is -0.134. The second-order valence-electron chi connectivity index (χ2n) is 10.2. The number of hydrogen-bond donors (Lipinski definition) is 2. The van der Waals surface area contributed by atoms with Gasteiger partial charge in [0.2, 0.25) is 5.91 Å². The number of allylic oxidation sites excluding steroid dienone is 1. The van der Waals surface area contributed by atoms with E-state index in [1.54, 1.807) is 0 Å². The van der Waals surface area contributed by atoms with E-state index in [2.05, 4.69) is 46.7 Å². The first-order chi connectivity index (χ1) is 18.6. The van der Waals surface area contributed by atoms with Gasteiger partial charge in [-0.3, -0.25) is 4.79 Å². The van der Waals surface area contributed by atoms with E-state index in [0.717, 1.165) is 34.9 Å². The summed E-state index contributed by atoms with van der Waals surface area (Å²) in [6.45, 7) is 1.43. The number of nitrogens with zero attached hydrogens (tertiary/aromatic N) is 1. The SMILES string of the molecule is O=C(N[C@H](Cc1c[nH]c2ccccc12)C(=O)N1CCC2(C=Cc3ccccc32)CC1)OCc1ccccc1. The lowest BCUT2D eigenvalue weighted by Gasteiger charge is -2.40. The highest BCUT2D eigenvalue weighted by molar-refractivity contribution is 5.88. The summed E-state index contributed by atoms with van der Waals surface area (Å²) in [5.41, 5.74) is 5.50. The predicted octanol–water partition coefficient (Wildman–Crippen LogP) is 5.59. The number of aromatic amines is 1. The molecule has 6 rings (SSSR count). The Bertz CT molecular complexity index is 1480. The largest absolute Gasteiger partial charge is 0.445 e. The van der Waals surface area contributed by atoms with Crippen molar-refractivity contribution in [3.63, 3.8) is 0 Å². The van der Waals surface area contributed by atoms with Crippen LogP contribution in [-0.2, 0) is 28.0 Å². The molecule has 1 aliphatic carbocycles. The van der Waals surface area contributed by atoms with Gasteiger partial charge in [0.1, 0.15) is 12.6 Å². The van der Waals surface area contributed by atoms with Crippen molar-refractivity contribution in [1.82, 2.24) is 15.2 Å². The number of fused-ring (bicyclic) bond motifs is 3. The first kappa shape index (κ1) is 24.0. The number of aromatic nitrogens is 1. The zero-order valence-corrected chi connectivity index (χ0v) is 21.2. The van der Waals surface area contributed by atoms with E-state index >= 15 is 0 Å². The molecule has 2 heterocycles. The van der Waals surface area contributed by atoms with Gasteiger partial charge in [-0.25, -0.2) is 4.79 Å². The molecule has 6 nitrogen and oxygen atoms in total. The molecule has 1 spiro atoms. The third kappa shape index (κ3) is 4.70. The number of carbonyl (C=O) groups excluding carboxylic acids is 2. The van der Waals surface area contributed by atoms with Crippen LogP contribution in [0.5, 0.6) is 0 Å². The molecule has 0 unspecified atom stereocenters. The molecule has 1 aromatic heterocycles. The monoisotopic (exact) mass is 505 g/mol. The van der Waals surface area contributed by atoms with Crippen LogP contribution in [0.4, 0.5) is 4.79 Å². The van der Waals surface area contributed by atoms with Gasteiger partial charge in [0, 0.05) is 42.0 Å². The number of piperidine rings is 1. The molecule has 1 atom stereocenters. The lowest BCUT2D eigenvalue weighted by atomic mass is 9.74. The summed E-state index contributed by atoms with van der Waals surface area (Å²) < 4.78 is 5.48. The molecule has 4 aromatic rings. The molecule has 0 bridgehead atoms. The molecule has 1 aliphatic heterocycles. The number of nitrogens with one attached hydrogen (secondary N) is 2. The van der Waals surface area contributed by atoms with E-state index in [4.69, 9.17) is 4.74 Å². The molecule has 192 valence electrons. The fourth-order valence-corrected chi connectivity index (χ4v) is 5.84. The number of ether oxygens (including phenoxy) is 1. The van der Waals surface area contributed by atoms with Crippen molar-refractivity contribution in [1.29, 1.82) is 0 Å². The maximum absolute atomic E-state index is 13.8. The number of alkyl carbamates (subject to hydrolysis) is 1. The van der Waals surface area contributed by atoms with Crippen molar-refractivity contribution in [3.05, 3.63) is 113 Å². The van der Waals surface area contributed by atoms with Crippen molar-refractivity contribution in [2.75, 3.05) is 13.1 Å². The maximum Gasteiger partial charge on any atom is 0.408 e. The molecular formula is C32H31N3O3. The van der Waals surface area contributed by atoms with Crippen LogP contribution in [0.25, 0.3) is 17.0 Å². The van der Waals surface area contributed by atoms with Crippen LogP contribution in [0, 0.1) is 0 Å². The van der Waals surface area contributed by atoms with Crippen LogP contribution in [0.1, 0.15) is 35.1 Å². The first-order valence-electron chi connectivity index (χ1n) is 13.2. The number of benzene rings is 3. The van der Waals surface area contributed by atoms with Crippen molar-refractivity contribution in [3.8, 4) is 0 Å². The minimum Gasteiger partial charge on any atom is -0.445 e. The summed E-state index contributed by atoms with van der Waals surface area (Å²) in [5, 5.41) is 3.93. The van der Waals surface area contributed by atoms with E-state index in [0.29, 0.717) is 19.5 Å². The highest BCUT2D eigenvalue weighted by Crippen LogP contribution is 2.43. The van der Waals surface area contributed by atoms with Crippen molar-refractivity contribution < 1.29 is 14.3 Å². The fourth-order valence-electron chi connectivity index (χ4n) is 5.84. The van der Waals surface area contributed by atoms with Gasteiger partial charge >= 0.3 is 6.09 Å². The zero-order valence-electron chi connectivity index (χ0n) is 21.2. The smallest absolute Gasteiger partial charge is 0.408 e. The lowest BCUT2D eigenvalue weighted by Crippen LogP contribution is -2.53. The average Bonchev–Trinajstić information content (AvgIpc) is 3.54. The van der Waals surface area contributed by atoms with Crippen molar-refractivity contribution in [2.45, 2.75) is 37.3 Å². The standard InChI is InChI=1S/C32H31N3O3/c36-30(35-18-16-32(17-19-35)15-14-24-10-4-6-12-27(24)32)29(20-25-21-33-28-13-7-5-11-26(25)28)34-31(37)38-22-23-8-2-1-3-9-23/h1-15,21,29,33H,16-20,22H2,(H,34,37)/t29-/m1/s1. The highest BCUT2D eigenvalue weighted by Gasteiger charge is 2.40. The quantitative estimate of drug-likeness (QED) is 0.359. The number of para-hydroxylation sites is 1. The van der Waals surface area contributed by atoms with Crippen LogP contribution in [-0.4, -0.2) is 41.0 Å².